The molecule has 2 fully saturated rings. The van der Waals surface area contributed by atoms with E-state index in [2.05, 4.69) is 17.6 Å². The Balaban J connectivity index is 1.82. The highest BCUT2D eigenvalue weighted by Crippen LogP contribution is 2.30. The van der Waals surface area contributed by atoms with Crippen LogP contribution in [0, 0.1) is 11.8 Å². The number of guanidine groups is 1. The van der Waals surface area contributed by atoms with Gasteiger partial charge in [-0.1, -0.05) is 26.2 Å². The van der Waals surface area contributed by atoms with E-state index in [9.17, 15) is 8.42 Å². The number of rotatable bonds is 5. The van der Waals surface area contributed by atoms with Gasteiger partial charge in [-0.3, -0.25) is 4.99 Å². The highest BCUT2D eigenvalue weighted by Gasteiger charge is 2.28. The van der Waals surface area contributed by atoms with E-state index in [0.717, 1.165) is 25.0 Å². The first-order valence-electron chi connectivity index (χ1n) is 8.77. The molecule has 5 nitrogen and oxygen atoms in total. The van der Waals surface area contributed by atoms with Crippen LogP contribution < -0.4 is 10.6 Å². The molecule has 1 aliphatic carbocycles. The van der Waals surface area contributed by atoms with Crippen molar-refractivity contribution in [2.75, 3.05) is 24.6 Å². The largest absolute Gasteiger partial charge is 0.357 e. The summed E-state index contributed by atoms with van der Waals surface area (Å²) in [4.78, 5) is 4.70. The maximum Gasteiger partial charge on any atom is 0.191 e. The van der Waals surface area contributed by atoms with Crippen LogP contribution in [-0.2, 0) is 9.84 Å². The van der Waals surface area contributed by atoms with Gasteiger partial charge in [0.15, 0.2) is 15.8 Å². The quantitative estimate of drug-likeness (QED) is 0.597. The van der Waals surface area contributed by atoms with Crippen LogP contribution in [0.15, 0.2) is 4.99 Å². The van der Waals surface area contributed by atoms with E-state index in [4.69, 9.17) is 4.99 Å². The Morgan fingerprint density at radius 2 is 1.77 bits per heavy atom. The van der Waals surface area contributed by atoms with Gasteiger partial charge in [0.1, 0.15) is 0 Å². The van der Waals surface area contributed by atoms with Crippen LogP contribution in [-0.4, -0.2) is 45.0 Å². The van der Waals surface area contributed by atoms with Gasteiger partial charge < -0.3 is 10.6 Å². The predicted octanol–water partition coefficient (Wildman–Crippen LogP) is 1.95. The lowest BCUT2D eigenvalue weighted by molar-refractivity contribution is 0.274. The van der Waals surface area contributed by atoms with Crippen molar-refractivity contribution < 1.29 is 8.42 Å². The second-order valence-electron chi connectivity index (χ2n) is 6.76. The number of sulfone groups is 1. The molecule has 1 atom stereocenters. The van der Waals surface area contributed by atoms with E-state index in [-0.39, 0.29) is 11.8 Å². The van der Waals surface area contributed by atoms with Crippen molar-refractivity contribution in [2.24, 2.45) is 16.8 Å². The third-order valence-corrected chi connectivity index (χ3v) is 6.74. The molecule has 1 saturated carbocycles. The molecular formula is C16H31N3O2S. The van der Waals surface area contributed by atoms with Crippen molar-refractivity contribution in [1.29, 1.82) is 0 Å². The SMILES string of the molecule is CCNC(=NCC1CCC(CC)CC1)NC1CCS(=O)(=O)C1. The zero-order valence-corrected chi connectivity index (χ0v) is 14.8. The number of hydrogen-bond donors (Lipinski definition) is 2. The molecule has 2 aliphatic rings. The van der Waals surface area contributed by atoms with Gasteiger partial charge in [-0.05, 0) is 38.0 Å². The summed E-state index contributed by atoms with van der Waals surface area (Å²) in [7, 11) is -2.85. The molecule has 0 radical (unpaired) electrons. The Morgan fingerprint density at radius 3 is 2.32 bits per heavy atom. The first-order chi connectivity index (χ1) is 10.5. The average molecular weight is 330 g/mol. The maximum absolute atomic E-state index is 11.5. The smallest absolute Gasteiger partial charge is 0.191 e. The summed E-state index contributed by atoms with van der Waals surface area (Å²) in [5.74, 6) is 2.91. The second kappa shape index (κ2) is 8.18. The van der Waals surface area contributed by atoms with Crippen molar-refractivity contribution >= 4 is 15.8 Å². The Bertz CT molecular complexity index is 468. The van der Waals surface area contributed by atoms with Crippen LogP contribution in [0.4, 0.5) is 0 Å². The number of aliphatic imine (C=N–C) groups is 1. The summed E-state index contributed by atoms with van der Waals surface area (Å²) in [5, 5.41) is 6.53. The molecule has 22 heavy (non-hydrogen) atoms. The van der Waals surface area contributed by atoms with Crippen LogP contribution >= 0.6 is 0 Å². The minimum absolute atomic E-state index is 0.0126. The zero-order valence-electron chi connectivity index (χ0n) is 14.0. The normalized spacial score (nSPS) is 31.9. The van der Waals surface area contributed by atoms with Gasteiger partial charge in [-0.2, -0.15) is 0 Å². The number of hydrogen-bond acceptors (Lipinski definition) is 3. The van der Waals surface area contributed by atoms with Crippen molar-refractivity contribution in [1.82, 2.24) is 10.6 Å². The third kappa shape index (κ3) is 5.45. The van der Waals surface area contributed by atoms with Gasteiger partial charge in [0, 0.05) is 19.1 Å². The van der Waals surface area contributed by atoms with E-state index in [1.54, 1.807) is 0 Å². The van der Waals surface area contributed by atoms with E-state index in [1.807, 2.05) is 6.92 Å². The minimum Gasteiger partial charge on any atom is -0.357 e. The van der Waals surface area contributed by atoms with Gasteiger partial charge in [-0.25, -0.2) is 8.42 Å². The molecule has 1 heterocycles. The molecule has 0 aromatic heterocycles. The lowest BCUT2D eigenvalue weighted by atomic mass is 9.81. The zero-order chi connectivity index (χ0) is 16.0. The van der Waals surface area contributed by atoms with Crippen LogP contribution in [0.5, 0.6) is 0 Å². The van der Waals surface area contributed by atoms with E-state index in [1.165, 1.54) is 32.1 Å². The summed E-state index contributed by atoms with van der Waals surface area (Å²) in [6.07, 6.45) is 7.21. The molecule has 2 N–H and O–H groups in total. The van der Waals surface area contributed by atoms with Crippen molar-refractivity contribution in [2.45, 2.75) is 58.4 Å². The molecule has 1 saturated heterocycles. The van der Waals surface area contributed by atoms with Crippen LogP contribution in [0.3, 0.4) is 0 Å². The van der Waals surface area contributed by atoms with Crippen LogP contribution in [0.2, 0.25) is 0 Å². The Morgan fingerprint density at radius 1 is 1.09 bits per heavy atom. The van der Waals surface area contributed by atoms with Crippen molar-refractivity contribution in [3.8, 4) is 0 Å². The van der Waals surface area contributed by atoms with Gasteiger partial charge in [0.25, 0.3) is 0 Å². The fraction of sp³-hybridized carbons (Fsp3) is 0.938. The molecule has 0 bridgehead atoms. The van der Waals surface area contributed by atoms with Crippen molar-refractivity contribution in [3.63, 3.8) is 0 Å². The molecule has 6 heteroatoms. The number of nitrogens with one attached hydrogen (secondary N) is 2. The van der Waals surface area contributed by atoms with Gasteiger partial charge in [-0.15, -0.1) is 0 Å². The monoisotopic (exact) mass is 329 g/mol. The van der Waals surface area contributed by atoms with Gasteiger partial charge in [0.05, 0.1) is 11.5 Å². The lowest BCUT2D eigenvalue weighted by Gasteiger charge is -2.27. The second-order valence-corrected chi connectivity index (χ2v) is 8.99. The fourth-order valence-corrected chi connectivity index (χ4v) is 5.14. The topological polar surface area (TPSA) is 70.6 Å². The first-order valence-corrected chi connectivity index (χ1v) is 10.6. The molecule has 0 spiro atoms. The highest BCUT2D eigenvalue weighted by molar-refractivity contribution is 7.91. The Hall–Kier alpha value is -0.780. The molecule has 0 amide bonds. The standard InChI is InChI=1S/C16H31N3O2S/c1-3-13-5-7-14(8-6-13)11-18-16(17-4-2)19-15-9-10-22(20,21)12-15/h13-15H,3-12H2,1-2H3,(H2,17,18,19). The van der Waals surface area contributed by atoms with E-state index in [0.29, 0.717) is 18.1 Å². The predicted molar refractivity (Wildman–Crippen MR) is 91.9 cm³/mol. The molecule has 0 aromatic carbocycles. The number of nitrogens with zero attached hydrogens (tertiary/aromatic N) is 1. The molecule has 0 aromatic rings. The van der Waals surface area contributed by atoms with Gasteiger partial charge >= 0.3 is 0 Å². The summed E-state index contributed by atoms with van der Waals surface area (Å²) >= 11 is 0. The van der Waals surface area contributed by atoms with Crippen LogP contribution in [0.25, 0.3) is 0 Å². The summed E-state index contributed by atoms with van der Waals surface area (Å²) < 4.78 is 23.1. The van der Waals surface area contributed by atoms with E-state index >= 15 is 0 Å². The maximum atomic E-state index is 11.5. The Labute approximate surface area is 135 Å². The first kappa shape index (κ1) is 17.6. The summed E-state index contributed by atoms with van der Waals surface area (Å²) in [6.45, 7) is 5.97. The van der Waals surface area contributed by atoms with E-state index < -0.39 is 9.84 Å². The summed E-state index contributed by atoms with van der Waals surface area (Å²) in [6, 6.07) is 0.0126. The Kier molecular flexibility index (Phi) is 6.53. The molecular weight excluding hydrogens is 298 g/mol. The fourth-order valence-electron chi connectivity index (χ4n) is 3.46. The van der Waals surface area contributed by atoms with Crippen molar-refractivity contribution in [3.05, 3.63) is 0 Å². The molecule has 2 rings (SSSR count). The molecule has 1 unspecified atom stereocenters. The lowest BCUT2D eigenvalue weighted by Crippen LogP contribution is -2.44. The molecule has 1 aliphatic heterocycles. The average Bonchev–Trinajstić information content (AvgIpc) is 2.84. The third-order valence-electron chi connectivity index (χ3n) is 4.97. The molecule has 128 valence electrons. The highest BCUT2D eigenvalue weighted by atomic mass is 32.2. The minimum atomic E-state index is -2.85. The van der Waals surface area contributed by atoms with Gasteiger partial charge in [0.2, 0.25) is 0 Å². The summed E-state index contributed by atoms with van der Waals surface area (Å²) in [5.41, 5.74) is 0. The van der Waals surface area contributed by atoms with Crippen LogP contribution in [0.1, 0.15) is 52.4 Å².